The number of nitrogens with zero attached hydrogens (tertiary/aromatic N) is 2. The van der Waals surface area contributed by atoms with Gasteiger partial charge in [0, 0.05) is 18.2 Å². The number of nitriles is 1. The van der Waals surface area contributed by atoms with Gasteiger partial charge in [-0.3, -0.25) is 10.1 Å². The monoisotopic (exact) mass is 319 g/mol. The Labute approximate surface area is 130 Å². The van der Waals surface area contributed by atoms with Crippen molar-refractivity contribution in [1.82, 2.24) is 0 Å². The summed E-state index contributed by atoms with van der Waals surface area (Å²) < 4.78 is 29.1. The van der Waals surface area contributed by atoms with Crippen molar-refractivity contribution in [2.75, 3.05) is 5.32 Å². The number of ether oxygens (including phenoxy) is 1. The average molecular weight is 319 g/mol. The van der Waals surface area contributed by atoms with Crippen LogP contribution in [0.5, 0.6) is 5.75 Å². The lowest BCUT2D eigenvalue weighted by atomic mass is 10.1. The molecule has 2 rings (SSSR count). The molecule has 0 saturated carbocycles. The van der Waals surface area contributed by atoms with E-state index in [1.807, 2.05) is 6.07 Å². The zero-order chi connectivity index (χ0) is 16.8. The van der Waals surface area contributed by atoms with Crippen LogP contribution in [0.3, 0.4) is 0 Å². The summed E-state index contributed by atoms with van der Waals surface area (Å²) in [5.74, 6) is -0.0194. The van der Waals surface area contributed by atoms with Crippen LogP contribution in [0, 0.1) is 21.4 Å². The van der Waals surface area contributed by atoms with Crippen molar-refractivity contribution in [1.29, 1.82) is 5.26 Å². The van der Waals surface area contributed by atoms with Gasteiger partial charge in [-0.2, -0.15) is 14.0 Å². The standard InChI is InChI=1S/C15H11F2N3O3/c16-15(17)23-14-4-2-1-3-11(14)9-19-12-7-10(8-18)5-6-13(12)20(21)22/h1-7,15,19H,9H2. The second kappa shape index (κ2) is 7.17. The SMILES string of the molecule is N#Cc1ccc([N+](=O)[O-])c(NCc2ccccc2OC(F)F)c1. The fraction of sp³-hybridized carbons (Fsp3) is 0.133. The maximum Gasteiger partial charge on any atom is 0.387 e. The van der Waals surface area contributed by atoms with Gasteiger partial charge in [0.05, 0.1) is 16.6 Å². The summed E-state index contributed by atoms with van der Waals surface area (Å²) in [6, 6.07) is 11.9. The van der Waals surface area contributed by atoms with Gasteiger partial charge in [0.2, 0.25) is 0 Å². The zero-order valence-corrected chi connectivity index (χ0v) is 11.7. The van der Waals surface area contributed by atoms with Gasteiger partial charge in [-0.15, -0.1) is 0 Å². The number of nitrogens with one attached hydrogen (secondary N) is 1. The number of anilines is 1. The molecule has 1 N–H and O–H groups in total. The van der Waals surface area contributed by atoms with Crippen molar-refractivity contribution in [3.8, 4) is 11.8 Å². The highest BCUT2D eigenvalue weighted by Gasteiger charge is 2.15. The summed E-state index contributed by atoms with van der Waals surface area (Å²) in [7, 11) is 0. The minimum atomic E-state index is -2.97. The first-order valence-corrected chi connectivity index (χ1v) is 6.46. The van der Waals surface area contributed by atoms with Crippen LogP contribution < -0.4 is 10.1 Å². The van der Waals surface area contributed by atoms with E-state index in [9.17, 15) is 18.9 Å². The maximum absolute atomic E-state index is 12.4. The lowest BCUT2D eigenvalue weighted by molar-refractivity contribution is -0.384. The fourth-order valence-electron chi connectivity index (χ4n) is 1.96. The molecule has 0 saturated heterocycles. The van der Waals surface area contributed by atoms with Crippen molar-refractivity contribution in [2.24, 2.45) is 0 Å². The van der Waals surface area contributed by atoms with Crippen molar-refractivity contribution in [3.63, 3.8) is 0 Å². The molecule has 0 aromatic heterocycles. The number of hydrogen-bond acceptors (Lipinski definition) is 5. The first kappa shape index (κ1) is 16.2. The first-order chi connectivity index (χ1) is 11.0. The van der Waals surface area contributed by atoms with Crippen LogP contribution in [-0.4, -0.2) is 11.5 Å². The van der Waals surface area contributed by atoms with E-state index in [-0.39, 0.29) is 29.2 Å². The van der Waals surface area contributed by atoms with E-state index < -0.39 is 11.5 Å². The van der Waals surface area contributed by atoms with E-state index in [1.165, 1.54) is 24.3 Å². The highest BCUT2D eigenvalue weighted by atomic mass is 19.3. The van der Waals surface area contributed by atoms with Crippen molar-refractivity contribution in [2.45, 2.75) is 13.2 Å². The van der Waals surface area contributed by atoms with Crippen molar-refractivity contribution >= 4 is 11.4 Å². The van der Waals surface area contributed by atoms with Crippen molar-refractivity contribution in [3.05, 3.63) is 63.7 Å². The molecule has 0 heterocycles. The molecule has 0 aliphatic heterocycles. The quantitative estimate of drug-likeness (QED) is 0.648. The van der Waals surface area contributed by atoms with Crippen LogP contribution in [0.4, 0.5) is 20.2 Å². The van der Waals surface area contributed by atoms with Gasteiger partial charge in [0.15, 0.2) is 0 Å². The Hall–Kier alpha value is -3.21. The third kappa shape index (κ3) is 4.14. The molecule has 0 unspecified atom stereocenters. The third-order valence-corrected chi connectivity index (χ3v) is 2.98. The lowest BCUT2D eigenvalue weighted by Crippen LogP contribution is -2.08. The summed E-state index contributed by atoms with van der Waals surface area (Å²) in [5, 5.41) is 22.7. The Bertz CT molecular complexity index is 760. The van der Waals surface area contributed by atoms with E-state index >= 15 is 0 Å². The number of rotatable bonds is 6. The van der Waals surface area contributed by atoms with Crippen LogP contribution in [-0.2, 0) is 6.54 Å². The maximum atomic E-state index is 12.4. The number of para-hydroxylation sites is 1. The normalized spacial score (nSPS) is 10.2. The number of nitro benzene ring substituents is 1. The average Bonchev–Trinajstić information content (AvgIpc) is 2.53. The molecule has 0 radical (unpaired) electrons. The van der Waals surface area contributed by atoms with Crippen LogP contribution in [0.1, 0.15) is 11.1 Å². The Morgan fingerprint density at radius 3 is 2.70 bits per heavy atom. The highest BCUT2D eigenvalue weighted by Crippen LogP contribution is 2.27. The van der Waals surface area contributed by atoms with Gasteiger partial charge in [-0.1, -0.05) is 18.2 Å². The fourth-order valence-corrected chi connectivity index (χ4v) is 1.96. The molecule has 6 nitrogen and oxygen atoms in total. The van der Waals surface area contributed by atoms with Crippen molar-refractivity contribution < 1.29 is 18.4 Å². The summed E-state index contributed by atoms with van der Waals surface area (Å²) in [6.45, 7) is -2.94. The van der Waals surface area contributed by atoms with Crippen LogP contribution in [0.15, 0.2) is 42.5 Å². The zero-order valence-electron chi connectivity index (χ0n) is 11.7. The molecule has 2 aromatic carbocycles. The van der Waals surface area contributed by atoms with Gasteiger partial charge in [-0.05, 0) is 18.2 Å². The molecular weight excluding hydrogens is 308 g/mol. The molecule has 2 aromatic rings. The third-order valence-electron chi connectivity index (χ3n) is 2.98. The van der Waals surface area contributed by atoms with Gasteiger partial charge < -0.3 is 10.1 Å². The lowest BCUT2D eigenvalue weighted by Gasteiger charge is -2.12. The summed E-state index contributed by atoms with van der Waals surface area (Å²) in [5.41, 5.74) is 0.567. The number of alkyl halides is 2. The van der Waals surface area contributed by atoms with Crippen LogP contribution in [0.25, 0.3) is 0 Å². The summed E-state index contributed by atoms with van der Waals surface area (Å²) >= 11 is 0. The van der Waals surface area contributed by atoms with E-state index in [0.717, 1.165) is 0 Å². The second-order valence-corrected chi connectivity index (χ2v) is 4.44. The molecule has 0 aliphatic carbocycles. The second-order valence-electron chi connectivity index (χ2n) is 4.44. The Kier molecular flexibility index (Phi) is 5.04. The Morgan fingerprint density at radius 2 is 2.04 bits per heavy atom. The molecule has 0 bridgehead atoms. The van der Waals surface area contributed by atoms with E-state index in [0.29, 0.717) is 5.56 Å². The molecule has 0 spiro atoms. The Balaban J connectivity index is 2.24. The predicted molar refractivity (Wildman–Crippen MR) is 78.2 cm³/mol. The smallest absolute Gasteiger partial charge is 0.387 e. The molecule has 8 heteroatoms. The van der Waals surface area contributed by atoms with E-state index in [1.54, 1.807) is 18.2 Å². The topological polar surface area (TPSA) is 88.2 Å². The summed E-state index contributed by atoms with van der Waals surface area (Å²) in [4.78, 5) is 10.4. The van der Waals surface area contributed by atoms with Crippen LogP contribution >= 0.6 is 0 Å². The molecule has 118 valence electrons. The largest absolute Gasteiger partial charge is 0.434 e. The molecule has 0 aliphatic rings. The van der Waals surface area contributed by atoms with E-state index in [2.05, 4.69) is 10.1 Å². The highest BCUT2D eigenvalue weighted by molar-refractivity contribution is 5.64. The van der Waals surface area contributed by atoms with Gasteiger partial charge in [0.25, 0.3) is 5.69 Å². The number of nitro groups is 1. The molecular formula is C15H11F2N3O3. The molecule has 0 atom stereocenters. The van der Waals surface area contributed by atoms with E-state index in [4.69, 9.17) is 5.26 Å². The van der Waals surface area contributed by atoms with Gasteiger partial charge in [0.1, 0.15) is 11.4 Å². The molecule has 0 fully saturated rings. The first-order valence-electron chi connectivity index (χ1n) is 6.46. The molecule has 0 amide bonds. The van der Waals surface area contributed by atoms with Gasteiger partial charge >= 0.3 is 6.61 Å². The van der Waals surface area contributed by atoms with Gasteiger partial charge in [-0.25, -0.2) is 0 Å². The Morgan fingerprint density at radius 1 is 1.30 bits per heavy atom. The number of halogens is 2. The number of benzene rings is 2. The minimum Gasteiger partial charge on any atom is -0.434 e. The minimum absolute atomic E-state index is 0.0194. The number of hydrogen-bond donors (Lipinski definition) is 1. The predicted octanol–water partition coefficient (Wildman–Crippen LogP) is 3.68. The van der Waals surface area contributed by atoms with Crippen LogP contribution in [0.2, 0.25) is 0 Å². The molecule has 23 heavy (non-hydrogen) atoms. The summed E-state index contributed by atoms with van der Waals surface area (Å²) in [6.07, 6.45) is 0.